The van der Waals surface area contributed by atoms with E-state index in [-0.39, 0.29) is 5.84 Å². The Labute approximate surface area is 111 Å². The standard InChI is InChI=1S/C13H18BrN3/c1-2-9-5-6-17(8-9)12-7-10(14)3-4-11(12)13(15)16/h3-4,7,9H,2,5-6,8H2,1H3,(H3,15,16). The second-order valence-corrected chi connectivity index (χ2v) is 5.50. The Morgan fingerprint density at radius 2 is 2.35 bits per heavy atom. The molecule has 1 unspecified atom stereocenters. The number of nitrogen functional groups attached to an aromatic ring is 1. The summed E-state index contributed by atoms with van der Waals surface area (Å²) in [4.78, 5) is 2.34. The van der Waals surface area contributed by atoms with Gasteiger partial charge in [-0.1, -0.05) is 29.3 Å². The summed E-state index contributed by atoms with van der Waals surface area (Å²) in [5.74, 6) is 0.918. The number of halogens is 1. The number of amidine groups is 1. The number of hydrogen-bond donors (Lipinski definition) is 2. The first-order valence-electron chi connectivity index (χ1n) is 6.00. The van der Waals surface area contributed by atoms with Crippen LogP contribution in [0.3, 0.4) is 0 Å². The van der Waals surface area contributed by atoms with Crippen molar-refractivity contribution in [1.29, 1.82) is 5.41 Å². The van der Waals surface area contributed by atoms with E-state index in [1.54, 1.807) is 0 Å². The summed E-state index contributed by atoms with van der Waals surface area (Å²) in [6.07, 6.45) is 2.46. The average Bonchev–Trinajstić information content (AvgIpc) is 2.76. The molecule has 0 radical (unpaired) electrons. The van der Waals surface area contributed by atoms with E-state index in [4.69, 9.17) is 11.1 Å². The van der Waals surface area contributed by atoms with Gasteiger partial charge in [0, 0.05) is 28.8 Å². The van der Waals surface area contributed by atoms with Gasteiger partial charge in [-0.2, -0.15) is 0 Å². The van der Waals surface area contributed by atoms with Crippen LogP contribution in [-0.2, 0) is 0 Å². The largest absolute Gasteiger partial charge is 0.384 e. The van der Waals surface area contributed by atoms with E-state index in [9.17, 15) is 0 Å². The van der Waals surface area contributed by atoms with Gasteiger partial charge >= 0.3 is 0 Å². The van der Waals surface area contributed by atoms with E-state index in [2.05, 4.69) is 33.8 Å². The van der Waals surface area contributed by atoms with E-state index in [1.165, 1.54) is 12.8 Å². The van der Waals surface area contributed by atoms with Crippen molar-refractivity contribution in [2.75, 3.05) is 18.0 Å². The molecule has 0 spiro atoms. The van der Waals surface area contributed by atoms with Crippen LogP contribution in [0.2, 0.25) is 0 Å². The first-order chi connectivity index (χ1) is 8.11. The molecule has 1 aromatic carbocycles. The summed E-state index contributed by atoms with van der Waals surface area (Å²) in [6.45, 7) is 4.38. The highest BCUT2D eigenvalue weighted by Gasteiger charge is 2.23. The van der Waals surface area contributed by atoms with Gasteiger partial charge in [-0.3, -0.25) is 5.41 Å². The third-order valence-electron chi connectivity index (χ3n) is 3.45. The van der Waals surface area contributed by atoms with Crippen LogP contribution in [0.25, 0.3) is 0 Å². The van der Waals surface area contributed by atoms with E-state index >= 15 is 0 Å². The van der Waals surface area contributed by atoms with Crippen LogP contribution in [0.5, 0.6) is 0 Å². The second-order valence-electron chi connectivity index (χ2n) is 4.58. The third-order valence-corrected chi connectivity index (χ3v) is 3.95. The molecule has 3 nitrogen and oxygen atoms in total. The number of rotatable bonds is 3. The van der Waals surface area contributed by atoms with Gasteiger partial charge in [0.05, 0.1) is 0 Å². The number of nitrogens with one attached hydrogen (secondary N) is 1. The molecule has 0 aromatic heterocycles. The molecule has 1 heterocycles. The smallest absolute Gasteiger partial charge is 0.124 e. The van der Waals surface area contributed by atoms with Crippen LogP contribution < -0.4 is 10.6 Å². The molecule has 1 aliphatic rings. The van der Waals surface area contributed by atoms with Gasteiger partial charge in [0.1, 0.15) is 5.84 Å². The molecule has 92 valence electrons. The average molecular weight is 296 g/mol. The summed E-state index contributed by atoms with van der Waals surface area (Å²) in [5, 5.41) is 7.64. The van der Waals surface area contributed by atoms with Crippen molar-refractivity contribution in [2.45, 2.75) is 19.8 Å². The molecule has 3 N–H and O–H groups in total. The van der Waals surface area contributed by atoms with Crippen molar-refractivity contribution in [2.24, 2.45) is 11.7 Å². The minimum Gasteiger partial charge on any atom is -0.384 e. The quantitative estimate of drug-likeness (QED) is 0.665. The van der Waals surface area contributed by atoms with Gasteiger partial charge in [-0.05, 0) is 30.5 Å². The zero-order valence-corrected chi connectivity index (χ0v) is 11.6. The normalized spacial score (nSPS) is 19.6. The van der Waals surface area contributed by atoms with Gasteiger partial charge in [0.2, 0.25) is 0 Å². The van der Waals surface area contributed by atoms with Crippen molar-refractivity contribution in [3.8, 4) is 0 Å². The van der Waals surface area contributed by atoms with E-state index in [0.717, 1.165) is 34.7 Å². The molecule has 0 aliphatic carbocycles. The topological polar surface area (TPSA) is 53.1 Å². The van der Waals surface area contributed by atoms with Gasteiger partial charge in [-0.25, -0.2) is 0 Å². The molecule has 4 heteroatoms. The van der Waals surface area contributed by atoms with Crippen LogP contribution in [0.15, 0.2) is 22.7 Å². The van der Waals surface area contributed by atoms with Gasteiger partial charge in [-0.15, -0.1) is 0 Å². The Hall–Kier alpha value is -1.03. The minimum absolute atomic E-state index is 0.146. The van der Waals surface area contributed by atoms with Crippen LogP contribution >= 0.6 is 15.9 Å². The Morgan fingerprint density at radius 3 is 2.94 bits per heavy atom. The highest BCUT2D eigenvalue weighted by Crippen LogP contribution is 2.30. The van der Waals surface area contributed by atoms with Crippen LogP contribution in [0.1, 0.15) is 25.3 Å². The predicted octanol–water partition coefficient (Wildman–Crippen LogP) is 2.97. The number of anilines is 1. The Bertz CT molecular complexity index is 431. The van der Waals surface area contributed by atoms with Crippen LogP contribution in [-0.4, -0.2) is 18.9 Å². The molecule has 2 rings (SSSR count). The fraction of sp³-hybridized carbons (Fsp3) is 0.462. The molecule has 1 saturated heterocycles. The molecule has 1 aliphatic heterocycles. The SMILES string of the molecule is CCC1CCN(c2cc(Br)ccc2C(=N)N)C1. The molecule has 0 saturated carbocycles. The molecular formula is C13H18BrN3. The van der Waals surface area contributed by atoms with Gasteiger partial charge < -0.3 is 10.6 Å². The van der Waals surface area contributed by atoms with E-state index < -0.39 is 0 Å². The van der Waals surface area contributed by atoms with Crippen molar-refractivity contribution >= 4 is 27.5 Å². The summed E-state index contributed by atoms with van der Waals surface area (Å²) in [7, 11) is 0. The van der Waals surface area contributed by atoms with Crippen molar-refractivity contribution in [3.63, 3.8) is 0 Å². The van der Waals surface area contributed by atoms with Crippen LogP contribution in [0, 0.1) is 11.3 Å². The number of hydrogen-bond acceptors (Lipinski definition) is 2. The lowest BCUT2D eigenvalue weighted by molar-refractivity contribution is 0.569. The summed E-state index contributed by atoms with van der Waals surface area (Å²) in [6, 6.07) is 5.92. The fourth-order valence-corrected chi connectivity index (χ4v) is 2.73. The molecule has 0 amide bonds. The van der Waals surface area contributed by atoms with Crippen LogP contribution in [0.4, 0.5) is 5.69 Å². The Balaban J connectivity index is 2.31. The first kappa shape index (κ1) is 12.4. The minimum atomic E-state index is 0.146. The van der Waals surface area contributed by atoms with Crippen molar-refractivity contribution in [3.05, 3.63) is 28.2 Å². The highest BCUT2D eigenvalue weighted by molar-refractivity contribution is 9.10. The second kappa shape index (κ2) is 5.08. The van der Waals surface area contributed by atoms with Gasteiger partial charge in [0.15, 0.2) is 0 Å². The fourth-order valence-electron chi connectivity index (χ4n) is 2.38. The zero-order valence-electron chi connectivity index (χ0n) is 10.0. The number of nitrogens with two attached hydrogens (primary N) is 1. The molecule has 1 atom stereocenters. The lowest BCUT2D eigenvalue weighted by Gasteiger charge is -2.22. The Kier molecular flexibility index (Phi) is 3.72. The Morgan fingerprint density at radius 1 is 1.59 bits per heavy atom. The predicted molar refractivity (Wildman–Crippen MR) is 75.8 cm³/mol. The summed E-state index contributed by atoms with van der Waals surface area (Å²) < 4.78 is 1.04. The molecule has 0 bridgehead atoms. The number of nitrogens with zero attached hydrogens (tertiary/aromatic N) is 1. The number of benzene rings is 1. The molecule has 1 fully saturated rings. The van der Waals surface area contributed by atoms with Crippen molar-refractivity contribution < 1.29 is 0 Å². The maximum atomic E-state index is 7.64. The first-order valence-corrected chi connectivity index (χ1v) is 6.80. The molecule has 1 aromatic rings. The summed E-state index contributed by atoms with van der Waals surface area (Å²) in [5.41, 5.74) is 7.56. The zero-order chi connectivity index (χ0) is 12.4. The summed E-state index contributed by atoms with van der Waals surface area (Å²) >= 11 is 3.49. The van der Waals surface area contributed by atoms with Crippen molar-refractivity contribution in [1.82, 2.24) is 0 Å². The highest BCUT2D eigenvalue weighted by atomic mass is 79.9. The lowest BCUT2D eigenvalue weighted by Crippen LogP contribution is -2.24. The monoisotopic (exact) mass is 295 g/mol. The molecular weight excluding hydrogens is 278 g/mol. The van der Waals surface area contributed by atoms with Gasteiger partial charge in [0.25, 0.3) is 0 Å². The maximum absolute atomic E-state index is 7.64. The maximum Gasteiger partial charge on any atom is 0.124 e. The van der Waals surface area contributed by atoms with E-state index in [0.29, 0.717) is 0 Å². The van der Waals surface area contributed by atoms with E-state index in [1.807, 2.05) is 12.1 Å². The third kappa shape index (κ3) is 2.63. The lowest BCUT2D eigenvalue weighted by atomic mass is 10.1. The molecule has 17 heavy (non-hydrogen) atoms.